The lowest BCUT2D eigenvalue weighted by Crippen LogP contribution is -2.28. The molecule has 0 spiro atoms. The molecule has 1 aromatic heterocycles. The summed E-state index contributed by atoms with van der Waals surface area (Å²) in [6.45, 7) is 1.89. The summed E-state index contributed by atoms with van der Waals surface area (Å²) < 4.78 is 36.2. The average molecular weight is 311 g/mol. The van der Waals surface area contributed by atoms with Crippen molar-refractivity contribution in [2.45, 2.75) is 13.5 Å². The molecule has 0 aliphatic carbocycles. The first-order valence-electron chi connectivity index (χ1n) is 6.32. The van der Waals surface area contributed by atoms with E-state index in [1.807, 2.05) is 0 Å². The Kier molecular flexibility index (Phi) is 4.81. The van der Waals surface area contributed by atoms with E-state index in [0.717, 1.165) is 0 Å². The number of hydrogen-bond donors (Lipinski definition) is 2. The van der Waals surface area contributed by atoms with E-state index in [0.29, 0.717) is 22.9 Å². The Hall–Kier alpha value is -2.06. The minimum atomic E-state index is -3.43. The predicted octanol–water partition coefficient (Wildman–Crippen LogP) is 1.06. The largest absolute Gasteiger partial charge is 0.492 e. The van der Waals surface area contributed by atoms with Crippen molar-refractivity contribution in [3.8, 4) is 5.75 Å². The highest BCUT2D eigenvalue weighted by Gasteiger charge is 2.11. The van der Waals surface area contributed by atoms with E-state index < -0.39 is 10.0 Å². The topological polar surface area (TPSA) is 107 Å². The summed E-state index contributed by atoms with van der Waals surface area (Å²) in [5, 5.41) is 3.71. The normalized spacial score (nSPS) is 11.5. The number of aromatic nitrogens is 1. The number of rotatable bonds is 7. The third-order valence-corrected chi connectivity index (χ3v) is 3.94. The third-order valence-electron chi connectivity index (χ3n) is 2.65. The van der Waals surface area contributed by atoms with Crippen molar-refractivity contribution in [1.82, 2.24) is 9.88 Å². The van der Waals surface area contributed by atoms with Crippen LogP contribution in [0.3, 0.4) is 0 Å². The molecule has 2 rings (SSSR count). The second-order valence-electron chi connectivity index (χ2n) is 4.49. The van der Waals surface area contributed by atoms with Crippen LogP contribution >= 0.6 is 0 Å². The highest BCUT2D eigenvalue weighted by atomic mass is 32.2. The number of aryl methyl sites for hydroxylation is 1. The summed E-state index contributed by atoms with van der Waals surface area (Å²) in [5.74, 6) is 1.07. The molecule has 21 heavy (non-hydrogen) atoms. The van der Waals surface area contributed by atoms with E-state index in [1.54, 1.807) is 37.3 Å². The maximum atomic E-state index is 11.8. The lowest BCUT2D eigenvalue weighted by molar-refractivity contribution is 0.340. The molecule has 0 bridgehead atoms. The van der Waals surface area contributed by atoms with Crippen molar-refractivity contribution in [2.75, 3.05) is 18.1 Å². The molecule has 0 amide bonds. The van der Waals surface area contributed by atoms with Crippen molar-refractivity contribution in [3.05, 3.63) is 41.8 Å². The van der Waals surface area contributed by atoms with Crippen LogP contribution in [-0.2, 0) is 16.6 Å². The first kappa shape index (κ1) is 15.3. The number of sulfonamides is 1. The number of nitrogens with one attached hydrogen (secondary N) is 1. The Bertz CT molecular complexity index is 680. The SMILES string of the molecule is Cc1cc(CNS(=O)(=O)CCOc2ccc(N)cc2)no1. The van der Waals surface area contributed by atoms with E-state index in [1.165, 1.54) is 0 Å². The summed E-state index contributed by atoms with van der Waals surface area (Å²) in [6.07, 6.45) is 0. The number of nitrogen functional groups attached to an aromatic ring is 1. The van der Waals surface area contributed by atoms with Crippen molar-refractivity contribution in [1.29, 1.82) is 0 Å². The molecule has 7 nitrogen and oxygen atoms in total. The number of benzene rings is 1. The van der Waals surface area contributed by atoms with Crippen LogP contribution < -0.4 is 15.2 Å². The predicted molar refractivity (Wildman–Crippen MR) is 78.2 cm³/mol. The second-order valence-corrected chi connectivity index (χ2v) is 6.41. The number of nitrogens with two attached hydrogens (primary N) is 1. The van der Waals surface area contributed by atoms with Gasteiger partial charge in [-0.15, -0.1) is 0 Å². The van der Waals surface area contributed by atoms with Crippen molar-refractivity contribution < 1.29 is 17.7 Å². The molecular weight excluding hydrogens is 294 g/mol. The number of nitrogens with zero attached hydrogens (tertiary/aromatic N) is 1. The van der Waals surface area contributed by atoms with Crippen molar-refractivity contribution >= 4 is 15.7 Å². The van der Waals surface area contributed by atoms with E-state index >= 15 is 0 Å². The zero-order valence-corrected chi connectivity index (χ0v) is 12.4. The lowest BCUT2D eigenvalue weighted by Gasteiger charge is -2.07. The maximum Gasteiger partial charge on any atom is 0.215 e. The van der Waals surface area contributed by atoms with Crippen LogP contribution in [0, 0.1) is 6.92 Å². The molecule has 1 aromatic carbocycles. The molecule has 114 valence electrons. The first-order valence-corrected chi connectivity index (χ1v) is 7.98. The van der Waals surface area contributed by atoms with Crippen LogP contribution in [0.15, 0.2) is 34.9 Å². The van der Waals surface area contributed by atoms with Crippen LogP contribution in [0.5, 0.6) is 5.75 Å². The molecule has 0 aliphatic rings. The molecule has 3 N–H and O–H groups in total. The van der Waals surface area contributed by atoms with E-state index in [-0.39, 0.29) is 18.9 Å². The summed E-state index contributed by atoms with van der Waals surface area (Å²) in [6, 6.07) is 8.43. The van der Waals surface area contributed by atoms with Crippen LogP contribution in [0.2, 0.25) is 0 Å². The molecule has 0 saturated carbocycles. The van der Waals surface area contributed by atoms with Gasteiger partial charge in [-0.05, 0) is 31.2 Å². The standard InChI is InChI=1S/C13H17N3O4S/c1-10-8-12(16-20-10)9-15-21(17,18)7-6-19-13-4-2-11(14)3-5-13/h2-5,8,15H,6-7,9,14H2,1H3. The van der Waals surface area contributed by atoms with Gasteiger partial charge in [0.2, 0.25) is 10.0 Å². The molecule has 0 aliphatic heterocycles. The van der Waals surface area contributed by atoms with E-state index in [4.69, 9.17) is 15.0 Å². The van der Waals surface area contributed by atoms with Gasteiger partial charge in [-0.2, -0.15) is 0 Å². The van der Waals surface area contributed by atoms with Gasteiger partial charge in [0, 0.05) is 11.8 Å². The fourth-order valence-electron chi connectivity index (χ4n) is 1.59. The van der Waals surface area contributed by atoms with Gasteiger partial charge in [0.1, 0.15) is 18.1 Å². The molecular formula is C13H17N3O4S. The summed E-state index contributed by atoms with van der Waals surface area (Å²) >= 11 is 0. The molecule has 0 atom stereocenters. The Balaban J connectivity index is 1.77. The van der Waals surface area contributed by atoms with Crippen molar-refractivity contribution in [3.63, 3.8) is 0 Å². The molecule has 0 saturated heterocycles. The van der Waals surface area contributed by atoms with E-state index in [2.05, 4.69) is 9.88 Å². The Labute approximate surface area is 123 Å². The molecule has 2 aromatic rings. The van der Waals surface area contributed by atoms with Crippen LogP contribution in [0.4, 0.5) is 5.69 Å². The summed E-state index contributed by atoms with van der Waals surface area (Å²) in [5.41, 5.74) is 6.71. The van der Waals surface area contributed by atoms with Crippen LogP contribution in [0.1, 0.15) is 11.5 Å². The number of anilines is 1. The maximum absolute atomic E-state index is 11.8. The summed E-state index contributed by atoms with van der Waals surface area (Å²) in [4.78, 5) is 0. The number of ether oxygens (including phenoxy) is 1. The van der Waals surface area contributed by atoms with Gasteiger partial charge >= 0.3 is 0 Å². The molecule has 0 fully saturated rings. The fraction of sp³-hybridized carbons (Fsp3) is 0.308. The van der Waals surface area contributed by atoms with Gasteiger partial charge in [-0.25, -0.2) is 13.1 Å². The molecule has 0 unspecified atom stereocenters. The van der Waals surface area contributed by atoms with Crippen LogP contribution in [-0.4, -0.2) is 25.9 Å². The van der Waals surface area contributed by atoms with Gasteiger partial charge in [-0.3, -0.25) is 0 Å². The Morgan fingerprint density at radius 2 is 2.05 bits per heavy atom. The molecule has 0 radical (unpaired) electrons. The van der Waals surface area contributed by atoms with Gasteiger partial charge in [-0.1, -0.05) is 5.16 Å². The zero-order valence-electron chi connectivity index (χ0n) is 11.6. The molecule has 8 heteroatoms. The van der Waals surface area contributed by atoms with Gasteiger partial charge in [0.25, 0.3) is 0 Å². The first-order chi connectivity index (χ1) is 9.94. The quantitative estimate of drug-likeness (QED) is 0.740. The van der Waals surface area contributed by atoms with E-state index in [9.17, 15) is 8.42 Å². The monoisotopic (exact) mass is 311 g/mol. The van der Waals surface area contributed by atoms with Crippen LogP contribution in [0.25, 0.3) is 0 Å². The smallest absolute Gasteiger partial charge is 0.215 e. The number of hydrogen-bond acceptors (Lipinski definition) is 6. The van der Waals surface area contributed by atoms with Gasteiger partial charge < -0.3 is 15.0 Å². The second kappa shape index (κ2) is 6.59. The van der Waals surface area contributed by atoms with Gasteiger partial charge in [0.05, 0.1) is 18.0 Å². The lowest BCUT2D eigenvalue weighted by atomic mass is 10.3. The minimum absolute atomic E-state index is 0.0527. The molecule has 1 heterocycles. The highest BCUT2D eigenvalue weighted by molar-refractivity contribution is 7.89. The Morgan fingerprint density at radius 3 is 2.67 bits per heavy atom. The average Bonchev–Trinajstić information content (AvgIpc) is 2.85. The zero-order chi connectivity index (χ0) is 15.3. The van der Waals surface area contributed by atoms with Gasteiger partial charge in [0.15, 0.2) is 0 Å². The summed E-state index contributed by atoms with van der Waals surface area (Å²) in [7, 11) is -3.43. The highest BCUT2D eigenvalue weighted by Crippen LogP contribution is 2.12. The minimum Gasteiger partial charge on any atom is -0.492 e. The fourth-order valence-corrected chi connectivity index (χ4v) is 2.41. The van der Waals surface area contributed by atoms with Crippen molar-refractivity contribution in [2.24, 2.45) is 0 Å². The third kappa shape index (κ3) is 5.09. The Morgan fingerprint density at radius 1 is 1.33 bits per heavy atom.